The van der Waals surface area contributed by atoms with Gasteiger partial charge in [0.05, 0.1) is 37.2 Å². The summed E-state index contributed by atoms with van der Waals surface area (Å²) in [6, 6.07) is 11.4. The van der Waals surface area contributed by atoms with Crippen molar-refractivity contribution in [3.63, 3.8) is 0 Å². The minimum absolute atomic E-state index is 0.114. The van der Waals surface area contributed by atoms with Gasteiger partial charge in [0.25, 0.3) is 0 Å². The monoisotopic (exact) mass is 583 g/mol. The fraction of sp³-hybridized carbons (Fsp3) is 0.346. The molecule has 3 aromatic rings. The normalized spacial score (nSPS) is 11.5. The quantitative estimate of drug-likeness (QED) is 0.296. The van der Waals surface area contributed by atoms with Crippen LogP contribution in [-0.4, -0.2) is 39.7 Å². The number of urea groups is 1. The van der Waals surface area contributed by atoms with Crippen LogP contribution in [0.4, 0.5) is 16.3 Å². The van der Waals surface area contributed by atoms with Gasteiger partial charge in [0.1, 0.15) is 12.4 Å². The van der Waals surface area contributed by atoms with Gasteiger partial charge >= 0.3 is 6.03 Å². The summed E-state index contributed by atoms with van der Waals surface area (Å²) in [4.78, 5) is 27.7. The molecule has 3 rings (SSSR count). The van der Waals surface area contributed by atoms with Crippen LogP contribution in [0.1, 0.15) is 40.3 Å². The number of hydrogen-bond donors (Lipinski definition) is 2. The SMILES string of the molecule is CC(C)CN(CC(=O)Nc1cc(C(C)(C)C)nn1-c1ccc(Cl)c(Cl)c1)C(=O)Nc1cccc(Cl)c1Cl. The van der Waals surface area contributed by atoms with Gasteiger partial charge in [-0.2, -0.15) is 5.10 Å². The molecule has 0 aliphatic rings. The highest BCUT2D eigenvalue weighted by atomic mass is 35.5. The number of carbonyl (C=O) groups excluding carboxylic acids is 2. The van der Waals surface area contributed by atoms with E-state index in [4.69, 9.17) is 51.5 Å². The zero-order valence-corrected chi connectivity index (χ0v) is 24.2. The first-order chi connectivity index (χ1) is 17.3. The highest BCUT2D eigenvalue weighted by Crippen LogP contribution is 2.31. The molecule has 0 radical (unpaired) electrons. The minimum Gasteiger partial charge on any atom is -0.315 e. The van der Waals surface area contributed by atoms with Crippen molar-refractivity contribution in [1.29, 1.82) is 0 Å². The lowest BCUT2D eigenvalue weighted by Crippen LogP contribution is -2.42. The van der Waals surface area contributed by atoms with E-state index in [1.807, 2.05) is 34.6 Å². The first-order valence-electron chi connectivity index (χ1n) is 11.6. The maximum atomic E-state index is 13.2. The molecule has 0 spiro atoms. The molecule has 0 aliphatic heterocycles. The van der Waals surface area contributed by atoms with Gasteiger partial charge in [-0.15, -0.1) is 0 Å². The molecule has 0 unspecified atom stereocenters. The number of anilines is 2. The number of carbonyl (C=O) groups is 2. The summed E-state index contributed by atoms with van der Waals surface area (Å²) in [5.74, 6) is 0.161. The smallest absolute Gasteiger partial charge is 0.315 e. The van der Waals surface area contributed by atoms with Crippen molar-refractivity contribution in [2.45, 2.75) is 40.0 Å². The molecule has 0 aliphatic carbocycles. The number of hydrogen-bond acceptors (Lipinski definition) is 3. The van der Waals surface area contributed by atoms with Crippen molar-refractivity contribution in [2.75, 3.05) is 23.7 Å². The zero-order chi connectivity index (χ0) is 27.5. The number of aromatic nitrogens is 2. The Hall–Kier alpha value is -2.45. The van der Waals surface area contributed by atoms with E-state index >= 15 is 0 Å². The van der Waals surface area contributed by atoms with Crippen LogP contribution in [0.3, 0.4) is 0 Å². The lowest BCUT2D eigenvalue weighted by molar-refractivity contribution is -0.116. The Kier molecular flexibility index (Phi) is 9.40. The molecule has 3 amide bonds. The van der Waals surface area contributed by atoms with Gasteiger partial charge < -0.3 is 15.5 Å². The molecule has 1 aromatic heterocycles. The average molecular weight is 585 g/mol. The molecular weight excluding hydrogens is 556 g/mol. The molecule has 0 saturated heterocycles. The molecule has 2 aromatic carbocycles. The van der Waals surface area contributed by atoms with E-state index < -0.39 is 11.9 Å². The predicted octanol–water partition coefficient (Wildman–Crippen LogP) is 7.91. The van der Waals surface area contributed by atoms with E-state index in [-0.39, 0.29) is 22.9 Å². The molecule has 0 saturated carbocycles. The van der Waals surface area contributed by atoms with Crippen LogP contribution in [0.15, 0.2) is 42.5 Å². The Morgan fingerprint density at radius 1 is 0.973 bits per heavy atom. The second-order valence-corrected chi connectivity index (χ2v) is 11.6. The van der Waals surface area contributed by atoms with Crippen LogP contribution in [0.5, 0.6) is 0 Å². The molecule has 0 fully saturated rings. The van der Waals surface area contributed by atoms with Crippen molar-refractivity contribution in [3.05, 3.63) is 68.2 Å². The average Bonchev–Trinajstić information content (AvgIpc) is 3.22. The lowest BCUT2D eigenvalue weighted by Gasteiger charge is -2.24. The van der Waals surface area contributed by atoms with E-state index in [2.05, 4.69) is 10.6 Å². The van der Waals surface area contributed by atoms with E-state index in [0.29, 0.717) is 38.8 Å². The zero-order valence-electron chi connectivity index (χ0n) is 21.2. The summed E-state index contributed by atoms with van der Waals surface area (Å²) in [6.45, 7) is 10.1. The van der Waals surface area contributed by atoms with E-state index in [1.165, 1.54) is 4.90 Å². The Labute approximate surface area is 237 Å². The van der Waals surface area contributed by atoms with Gasteiger partial charge in [0.2, 0.25) is 5.91 Å². The van der Waals surface area contributed by atoms with Crippen LogP contribution in [0, 0.1) is 5.92 Å². The number of amides is 3. The molecular formula is C26H29Cl4N5O2. The summed E-state index contributed by atoms with van der Waals surface area (Å²) >= 11 is 24.6. The highest BCUT2D eigenvalue weighted by Gasteiger charge is 2.24. The first-order valence-corrected chi connectivity index (χ1v) is 13.1. The van der Waals surface area contributed by atoms with Crippen molar-refractivity contribution < 1.29 is 9.59 Å². The molecule has 1 heterocycles. The van der Waals surface area contributed by atoms with Crippen molar-refractivity contribution >= 4 is 69.8 Å². The molecule has 2 N–H and O–H groups in total. The summed E-state index contributed by atoms with van der Waals surface area (Å²) < 4.78 is 1.60. The summed E-state index contributed by atoms with van der Waals surface area (Å²) in [7, 11) is 0. The first kappa shape index (κ1) is 29.1. The third kappa shape index (κ3) is 7.54. The van der Waals surface area contributed by atoms with E-state index in [9.17, 15) is 9.59 Å². The second kappa shape index (κ2) is 11.9. The van der Waals surface area contributed by atoms with Gasteiger partial charge in [0, 0.05) is 18.0 Å². The molecule has 7 nitrogen and oxygen atoms in total. The Balaban J connectivity index is 1.85. The molecule has 0 bridgehead atoms. The fourth-order valence-corrected chi connectivity index (χ4v) is 4.10. The van der Waals surface area contributed by atoms with Gasteiger partial charge in [-0.3, -0.25) is 4.79 Å². The minimum atomic E-state index is -0.471. The number of nitrogens with zero attached hydrogens (tertiary/aromatic N) is 3. The van der Waals surface area contributed by atoms with Gasteiger partial charge in [-0.1, -0.05) is 87.1 Å². The molecule has 11 heteroatoms. The molecule has 0 atom stereocenters. The molecule has 37 heavy (non-hydrogen) atoms. The summed E-state index contributed by atoms with van der Waals surface area (Å²) in [5.41, 5.74) is 1.48. The third-order valence-electron chi connectivity index (χ3n) is 5.29. The van der Waals surface area contributed by atoms with Crippen LogP contribution in [0.25, 0.3) is 5.69 Å². The van der Waals surface area contributed by atoms with Crippen LogP contribution >= 0.6 is 46.4 Å². The third-order valence-corrected chi connectivity index (χ3v) is 6.85. The highest BCUT2D eigenvalue weighted by molar-refractivity contribution is 6.44. The van der Waals surface area contributed by atoms with Crippen LogP contribution in [-0.2, 0) is 10.2 Å². The Morgan fingerprint density at radius 2 is 1.68 bits per heavy atom. The number of halogens is 4. The Morgan fingerprint density at radius 3 is 2.30 bits per heavy atom. The predicted molar refractivity (Wildman–Crippen MR) is 153 cm³/mol. The van der Waals surface area contributed by atoms with Crippen molar-refractivity contribution in [2.24, 2.45) is 5.92 Å². The number of nitrogens with one attached hydrogen (secondary N) is 2. The second-order valence-electron chi connectivity index (χ2n) is 10.0. The largest absolute Gasteiger partial charge is 0.322 e. The van der Waals surface area contributed by atoms with Crippen LogP contribution < -0.4 is 10.6 Å². The van der Waals surface area contributed by atoms with Crippen molar-refractivity contribution in [3.8, 4) is 5.69 Å². The maximum absolute atomic E-state index is 13.2. The molecule has 198 valence electrons. The summed E-state index contributed by atoms with van der Waals surface area (Å²) in [5, 5.41) is 11.7. The number of benzene rings is 2. The topological polar surface area (TPSA) is 79.3 Å². The fourth-order valence-electron chi connectivity index (χ4n) is 3.46. The lowest BCUT2D eigenvalue weighted by atomic mass is 9.92. The maximum Gasteiger partial charge on any atom is 0.322 e. The van der Waals surface area contributed by atoms with Gasteiger partial charge in [-0.05, 0) is 36.2 Å². The van der Waals surface area contributed by atoms with Crippen LogP contribution in [0.2, 0.25) is 20.1 Å². The van der Waals surface area contributed by atoms with Gasteiger partial charge in [0.15, 0.2) is 0 Å². The number of rotatable bonds is 7. The van der Waals surface area contributed by atoms with E-state index in [1.54, 1.807) is 47.1 Å². The summed E-state index contributed by atoms with van der Waals surface area (Å²) in [6.07, 6.45) is 0. The standard InChI is InChI=1S/C26H29Cl4N5O2/c1-15(2)13-34(25(37)31-20-8-6-7-18(28)24(20)30)14-23(36)32-22-12-21(26(3,4)5)33-35(22)16-9-10-17(27)19(29)11-16/h6-12,15H,13-14H2,1-5H3,(H,31,37)(H,32,36). The van der Waals surface area contributed by atoms with Crippen molar-refractivity contribution in [1.82, 2.24) is 14.7 Å². The Bertz CT molecular complexity index is 1300. The van der Waals surface area contributed by atoms with E-state index in [0.717, 1.165) is 5.69 Å². The van der Waals surface area contributed by atoms with Gasteiger partial charge in [-0.25, -0.2) is 9.48 Å².